The largest absolute Gasteiger partial charge is 0.481 e. The second kappa shape index (κ2) is 10.4. The molecule has 4 rings (SSSR count). The van der Waals surface area contributed by atoms with E-state index in [1.54, 1.807) is 18.5 Å². The van der Waals surface area contributed by atoms with Crippen molar-refractivity contribution in [1.29, 1.82) is 0 Å². The third kappa shape index (κ3) is 5.32. The summed E-state index contributed by atoms with van der Waals surface area (Å²) in [5.41, 5.74) is 4.35. The Kier molecular flexibility index (Phi) is 7.09. The molecular weight excluding hydrogens is 450 g/mol. The van der Waals surface area contributed by atoms with Crippen LogP contribution in [0.2, 0.25) is 0 Å². The maximum absolute atomic E-state index is 12.7. The summed E-state index contributed by atoms with van der Waals surface area (Å²) in [4.78, 5) is 36.4. The molecule has 2 aromatic carbocycles. The third-order valence-electron chi connectivity index (χ3n) is 6.20. The second-order valence-electron chi connectivity index (χ2n) is 8.40. The van der Waals surface area contributed by atoms with Crippen molar-refractivity contribution in [3.05, 3.63) is 71.3 Å². The summed E-state index contributed by atoms with van der Waals surface area (Å²) in [6, 6.07) is 14.9. The number of hydrogen-bond acceptors (Lipinski definition) is 6. The number of benzene rings is 2. The average Bonchev–Trinajstić information content (AvgIpc) is 3.35. The van der Waals surface area contributed by atoms with Crippen LogP contribution in [0.15, 0.2) is 48.5 Å². The molecule has 3 aromatic rings. The van der Waals surface area contributed by atoms with Gasteiger partial charge in [-0.2, -0.15) is 0 Å². The second-order valence-corrected chi connectivity index (χ2v) is 8.40. The van der Waals surface area contributed by atoms with E-state index >= 15 is 0 Å². The molecule has 1 heterocycles. The number of fused-ring (bicyclic) bond motifs is 3. The molecule has 0 saturated heterocycles. The Balaban J connectivity index is 1.39. The van der Waals surface area contributed by atoms with E-state index in [0.717, 1.165) is 22.3 Å². The normalized spacial score (nSPS) is 13.0. The number of carbonyl (C=O) groups is 3. The predicted octanol–water partition coefficient (Wildman–Crippen LogP) is 2.51. The Labute approximate surface area is 202 Å². The van der Waals surface area contributed by atoms with Crippen molar-refractivity contribution in [3.8, 4) is 11.1 Å². The lowest BCUT2D eigenvalue weighted by atomic mass is 9.98. The lowest BCUT2D eigenvalue weighted by molar-refractivity contribution is -0.137. The molecule has 10 nitrogen and oxygen atoms in total. The van der Waals surface area contributed by atoms with Crippen molar-refractivity contribution in [2.75, 3.05) is 6.61 Å². The van der Waals surface area contributed by atoms with Crippen molar-refractivity contribution in [2.24, 2.45) is 7.05 Å². The molecule has 0 bridgehead atoms. The Morgan fingerprint density at radius 1 is 1.06 bits per heavy atom. The minimum atomic E-state index is -1.07. The van der Waals surface area contributed by atoms with Gasteiger partial charge in [-0.1, -0.05) is 48.5 Å². The number of carboxylic acids is 1. The molecule has 2 amide bonds. The zero-order valence-corrected chi connectivity index (χ0v) is 19.5. The van der Waals surface area contributed by atoms with Crippen molar-refractivity contribution in [3.63, 3.8) is 0 Å². The van der Waals surface area contributed by atoms with E-state index < -0.39 is 24.0 Å². The van der Waals surface area contributed by atoms with Gasteiger partial charge in [0.05, 0.1) is 6.54 Å². The van der Waals surface area contributed by atoms with E-state index in [9.17, 15) is 14.4 Å². The Morgan fingerprint density at radius 2 is 1.69 bits per heavy atom. The molecule has 35 heavy (non-hydrogen) atoms. The summed E-state index contributed by atoms with van der Waals surface area (Å²) in [5.74, 6) is -0.498. The van der Waals surface area contributed by atoms with E-state index in [2.05, 4.69) is 20.8 Å². The molecule has 0 fully saturated rings. The Bertz CT molecular complexity index is 1210. The number of rotatable bonds is 9. The van der Waals surface area contributed by atoms with Crippen LogP contribution in [0.4, 0.5) is 4.79 Å². The minimum Gasteiger partial charge on any atom is -0.481 e. The van der Waals surface area contributed by atoms with E-state index in [1.165, 1.54) is 0 Å². The number of carboxylic acid groups (broad SMARTS) is 1. The number of alkyl carbamates (subject to hydrolysis) is 1. The summed E-state index contributed by atoms with van der Waals surface area (Å²) in [7, 11) is 1.77. The molecule has 0 spiro atoms. The quantitative estimate of drug-likeness (QED) is 0.431. The van der Waals surface area contributed by atoms with Crippen LogP contribution in [0.1, 0.15) is 41.5 Å². The molecule has 1 aliphatic carbocycles. The van der Waals surface area contributed by atoms with Crippen LogP contribution in [0.3, 0.4) is 0 Å². The number of nitrogens with one attached hydrogen (secondary N) is 2. The van der Waals surface area contributed by atoms with Crippen molar-refractivity contribution in [2.45, 2.75) is 38.3 Å². The van der Waals surface area contributed by atoms with E-state index in [1.807, 2.05) is 48.5 Å². The van der Waals surface area contributed by atoms with Gasteiger partial charge in [0.25, 0.3) is 0 Å². The Morgan fingerprint density at radius 3 is 2.26 bits per heavy atom. The van der Waals surface area contributed by atoms with E-state index in [4.69, 9.17) is 9.84 Å². The fraction of sp³-hybridized carbons (Fsp3) is 0.320. The topological polar surface area (TPSA) is 135 Å². The molecule has 1 atom stereocenters. The first kappa shape index (κ1) is 23.9. The fourth-order valence-electron chi connectivity index (χ4n) is 4.21. The van der Waals surface area contributed by atoms with Gasteiger partial charge in [-0.3, -0.25) is 9.59 Å². The standard InChI is InChI=1S/C25H27N5O5/c1-15-28-29-22(30(15)2)13-26-24(33)21(11-12-23(31)32)27-25(34)35-14-20-18-9-5-3-7-16(18)17-8-4-6-10-19(17)20/h3-10,20-21H,11-14H2,1-2H3,(H,26,33)(H,27,34)(H,31,32). The first-order valence-electron chi connectivity index (χ1n) is 11.3. The average molecular weight is 478 g/mol. The number of carbonyl (C=O) groups excluding carboxylic acids is 2. The fourth-order valence-corrected chi connectivity index (χ4v) is 4.21. The highest BCUT2D eigenvalue weighted by molar-refractivity contribution is 5.86. The zero-order chi connectivity index (χ0) is 24.9. The number of nitrogens with zero attached hydrogens (tertiary/aromatic N) is 3. The molecule has 10 heteroatoms. The van der Waals surface area contributed by atoms with Crippen LogP contribution in [0.25, 0.3) is 11.1 Å². The van der Waals surface area contributed by atoms with Gasteiger partial charge in [0.2, 0.25) is 5.91 Å². The maximum Gasteiger partial charge on any atom is 0.407 e. The summed E-state index contributed by atoms with van der Waals surface area (Å²) in [5, 5.41) is 22.2. The van der Waals surface area contributed by atoms with Gasteiger partial charge in [0, 0.05) is 19.4 Å². The SMILES string of the molecule is Cc1nnc(CNC(=O)C(CCC(=O)O)NC(=O)OCC2c3ccccc3-c3ccccc32)n1C. The lowest BCUT2D eigenvalue weighted by Crippen LogP contribution is -2.47. The van der Waals surface area contributed by atoms with Crippen LogP contribution in [-0.2, 0) is 27.9 Å². The highest BCUT2D eigenvalue weighted by Crippen LogP contribution is 2.44. The van der Waals surface area contributed by atoms with Crippen LogP contribution in [0, 0.1) is 6.92 Å². The van der Waals surface area contributed by atoms with Crippen molar-refractivity contribution < 1.29 is 24.2 Å². The van der Waals surface area contributed by atoms with Crippen molar-refractivity contribution >= 4 is 18.0 Å². The Hall–Kier alpha value is -4.21. The van der Waals surface area contributed by atoms with Gasteiger partial charge in [0.15, 0.2) is 5.82 Å². The summed E-state index contributed by atoms with van der Waals surface area (Å²) in [6.45, 7) is 1.96. The van der Waals surface area contributed by atoms with Crippen LogP contribution >= 0.6 is 0 Å². The van der Waals surface area contributed by atoms with E-state index in [-0.39, 0.29) is 31.9 Å². The van der Waals surface area contributed by atoms with Gasteiger partial charge in [0.1, 0.15) is 18.5 Å². The number of amides is 2. The number of aromatic nitrogens is 3. The number of aryl methyl sites for hydroxylation is 1. The highest BCUT2D eigenvalue weighted by Gasteiger charge is 2.30. The lowest BCUT2D eigenvalue weighted by Gasteiger charge is -2.19. The molecular formula is C25H27N5O5. The van der Waals surface area contributed by atoms with E-state index in [0.29, 0.717) is 11.6 Å². The molecule has 1 aromatic heterocycles. The molecule has 0 saturated carbocycles. The number of aliphatic carboxylic acids is 1. The summed E-state index contributed by atoms with van der Waals surface area (Å²) in [6.07, 6.45) is -1.15. The smallest absolute Gasteiger partial charge is 0.407 e. The number of ether oxygens (including phenoxy) is 1. The van der Waals surface area contributed by atoms with Crippen LogP contribution in [-0.4, -0.2) is 50.5 Å². The molecule has 1 unspecified atom stereocenters. The molecule has 182 valence electrons. The van der Waals surface area contributed by atoms with Gasteiger partial charge in [-0.05, 0) is 35.6 Å². The molecule has 3 N–H and O–H groups in total. The number of hydrogen-bond donors (Lipinski definition) is 3. The maximum atomic E-state index is 12.7. The first-order chi connectivity index (χ1) is 16.8. The third-order valence-corrected chi connectivity index (χ3v) is 6.20. The monoisotopic (exact) mass is 477 g/mol. The van der Waals surface area contributed by atoms with Gasteiger partial charge < -0.3 is 25.0 Å². The van der Waals surface area contributed by atoms with Gasteiger partial charge in [-0.25, -0.2) is 4.79 Å². The van der Waals surface area contributed by atoms with Crippen molar-refractivity contribution in [1.82, 2.24) is 25.4 Å². The molecule has 0 radical (unpaired) electrons. The van der Waals surface area contributed by atoms with Gasteiger partial charge in [-0.15, -0.1) is 10.2 Å². The summed E-state index contributed by atoms with van der Waals surface area (Å²) >= 11 is 0. The van der Waals surface area contributed by atoms with Gasteiger partial charge >= 0.3 is 12.1 Å². The van der Waals surface area contributed by atoms with Crippen LogP contribution in [0.5, 0.6) is 0 Å². The summed E-state index contributed by atoms with van der Waals surface area (Å²) < 4.78 is 7.24. The molecule has 1 aliphatic rings. The molecule has 0 aliphatic heterocycles. The zero-order valence-electron chi connectivity index (χ0n) is 19.5. The highest BCUT2D eigenvalue weighted by atomic mass is 16.5. The first-order valence-corrected chi connectivity index (χ1v) is 11.3. The predicted molar refractivity (Wildman–Crippen MR) is 126 cm³/mol. The van der Waals surface area contributed by atoms with Crippen LogP contribution < -0.4 is 10.6 Å². The minimum absolute atomic E-state index is 0.0802.